The molecule has 1 aliphatic rings. The number of anilines is 2. The van der Waals surface area contributed by atoms with Crippen LogP contribution in [0.5, 0.6) is 0 Å². The van der Waals surface area contributed by atoms with Crippen LogP contribution in [0.1, 0.15) is 26.7 Å². The quantitative estimate of drug-likeness (QED) is 0.800. The van der Waals surface area contributed by atoms with E-state index in [1.807, 2.05) is 0 Å². The third-order valence-electron chi connectivity index (χ3n) is 3.50. The van der Waals surface area contributed by atoms with Gasteiger partial charge in [-0.2, -0.15) is 0 Å². The fraction of sp³-hybridized carbons (Fsp3) is 0.538. The number of benzene rings is 1. The van der Waals surface area contributed by atoms with Crippen LogP contribution in [0, 0.1) is 11.7 Å². The number of nitrogen functional groups attached to an aromatic ring is 1. The Balaban J connectivity index is 2.35. The van der Waals surface area contributed by atoms with Crippen LogP contribution in [0.2, 0.25) is 0 Å². The molecule has 17 heavy (non-hydrogen) atoms. The van der Waals surface area contributed by atoms with Gasteiger partial charge < -0.3 is 10.6 Å². The van der Waals surface area contributed by atoms with Gasteiger partial charge in [0.15, 0.2) is 0 Å². The van der Waals surface area contributed by atoms with Crippen LogP contribution in [-0.4, -0.2) is 12.6 Å². The number of piperidine rings is 1. The fourth-order valence-electron chi connectivity index (χ4n) is 2.42. The van der Waals surface area contributed by atoms with E-state index in [1.54, 1.807) is 6.07 Å². The molecule has 2 N–H and O–H groups in total. The minimum Gasteiger partial charge on any atom is -0.397 e. The molecular weight excluding hydrogens is 283 g/mol. The molecule has 0 saturated carbocycles. The first kappa shape index (κ1) is 12.7. The number of nitrogens with two attached hydrogens (primary N) is 1. The van der Waals surface area contributed by atoms with Crippen molar-refractivity contribution < 1.29 is 4.39 Å². The second-order valence-electron chi connectivity index (χ2n) is 5.01. The minimum atomic E-state index is -0.302. The van der Waals surface area contributed by atoms with Crippen LogP contribution < -0.4 is 10.6 Å². The molecule has 2 atom stereocenters. The molecule has 0 spiro atoms. The molecule has 1 heterocycles. The number of halogens is 2. The minimum absolute atomic E-state index is 0.302. The first-order valence-electron chi connectivity index (χ1n) is 6.00. The molecule has 0 bridgehead atoms. The Bertz CT molecular complexity index is 422. The van der Waals surface area contributed by atoms with Gasteiger partial charge in [0, 0.05) is 18.7 Å². The molecule has 0 radical (unpaired) electrons. The van der Waals surface area contributed by atoms with E-state index in [-0.39, 0.29) is 5.82 Å². The highest BCUT2D eigenvalue weighted by atomic mass is 79.9. The lowest BCUT2D eigenvalue weighted by Gasteiger charge is -2.39. The zero-order valence-electron chi connectivity index (χ0n) is 10.2. The molecule has 1 aromatic carbocycles. The molecule has 0 aliphatic carbocycles. The summed E-state index contributed by atoms with van der Waals surface area (Å²) in [6.07, 6.45) is 2.41. The first-order chi connectivity index (χ1) is 7.99. The molecular formula is C13H18BrFN2. The Kier molecular flexibility index (Phi) is 3.61. The fourth-order valence-corrected chi connectivity index (χ4v) is 2.76. The molecule has 2 rings (SSSR count). The third-order valence-corrected chi connectivity index (χ3v) is 4.10. The highest BCUT2D eigenvalue weighted by Gasteiger charge is 2.25. The average Bonchev–Trinajstić information content (AvgIpc) is 2.27. The molecule has 1 saturated heterocycles. The van der Waals surface area contributed by atoms with E-state index in [9.17, 15) is 4.39 Å². The number of rotatable bonds is 1. The lowest BCUT2D eigenvalue weighted by Crippen LogP contribution is -2.41. The van der Waals surface area contributed by atoms with Gasteiger partial charge >= 0.3 is 0 Å². The van der Waals surface area contributed by atoms with E-state index in [1.165, 1.54) is 12.5 Å². The van der Waals surface area contributed by atoms with Gasteiger partial charge in [0.2, 0.25) is 0 Å². The Morgan fingerprint density at radius 2 is 2.06 bits per heavy atom. The molecule has 2 unspecified atom stereocenters. The predicted molar refractivity (Wildman–Crippen MR) is 73.7 cm³/mol. The first-order valence-corrected chi connectivity index (χ1v) is 6.79. The van der Waals surface area contributed by atoms with Crippen molar-refractivity contribution in [2.45, 2.75) is 32.7 Å². The molecule has 2 nitrogen and oxygen atoms in total. The summed E-state index contributed by atoms with van der Waals surface area (Å²) in [5.41, 5.74) is 7.39. The van der Waals surface area contributed by atoms with E-state index in [0.717, 1.165) is 18.7 Å². The Hall–Kier alpha value is -0.770. The molecule has 1 aromatic rings. The van der Waals surface area contributed by atoms with E-state index in [4.69, 9.17) is 5.73 Å². The van der Waals surface area contributed by atoms with Gasteiger partial charge in [-0.3, -0.25) is 0 Å². The summed E-state index contributed by atoms with van der Waals surface area (Å²) in [5, 5.41) is 0. The largest absolute Gasteiger partial charge is 0.397 e. The van der Waals surface area contributed by atoms with Crippen LogP contribution in [0.3, 0.4) is 0 Å². The van der Waals surface area contributed by atoms with Crippen LogP contribution in [-0.2, 0) is 0 Å². The van der Waals surface area contributed by atoms with Crippen molar-refractivity contribution in [2.75, 3.05) is 17.2 Å². The summed E-state index contributed by atoms with van der Waals surface area (Å²) >= 11 is 3.22. The van der Waals surface area contributed by atoms with Gasteiger partial charge in [0.1, 0.15) is 5.82 Å². The van der Waals surface area contributed by atoms with Gasteiger partial charge in [-0.25, -0.2) is 4.39 Å². The maximum atomic E-state index is 13.4. The van der Waals surface area contributed by atoms with Crippen LogP contribution >= 0.6 is 15.9 Å². The lowest BCUT2D eigenvalue weighted by molar-refractivity contribution is 0.390. The van der Waals surface area contributed by atoms with Crippen LogP contribution in [0.25, 0.3) is 0 Å². The van der Waals surface area contributed by atoms with Crippen molar-refractivity contribution in [3.8, 4) is 0 Å². The maximum Gasteiger partial charge on any atom is 0.139 e. The second kappa shape index (κ2) is 4.84. The maximum absolute atomic E-state index is 13.4. The SMILES string of the molecule is CC1CCC(C)N(c2cc(Br)c(F)cc2N)C1. The number of hydrogen-bond acceptors (Lipinski definition) is 2. The molecule has 1 fully saturated rings. The van der Waals surface area contributed by atoms with Crippen molar-refractivity contribution in [3.05, 3.63) is 22.4 Å². The summed E-state index contributed by atoms with van der Waals surface area (Å²) in [6, 6.07) is 3.65. The third kappa shape index (κ3) is 2.57. The number of hydrogen-bond donors (Lipinski definition) is 1. The Morgan fingerprint density at radius 3 is 2.76 bits per heavy atom. The topological polar surface area (TPSA) is 29.3 Å². The van der Waals surface area contributed by atoms with Crippen molar-refractivity contribution in [1.82, 2.24) is 0 Å². The van der Waals surface area contributed by atoms with E-state index in [0.29, 0.717) is 22.1 Å². The second-order valence-corrected chi connectivity index (χ2v) is 5.86. The summed E-state index contributed by atoms with van der Waals surface area (Å²) < 4.78 is 13.8. The smallest absolute Gasteiger partial charge is 0.139 e. The van der Waals surface area contributed by atoms with E-state index in [2.05, 4.69) is 34.7 Å². The van der Waals surface area contributed by atoms with Gasteiger partial charge in [0.25, 0.3) is 0 Å². The van der Waals surface area contributed by atoms with E-state index >= 15 is 0 Å². The van der Waals surface area contributed by atoms with Gasteiger partial charge in [0.05, 0.1) is 15.8 Å². The van der Waals surface area contributed by atoms with Crippen LogP contribution in [0.4, 0.5) is 15.8 Å². The van der Waals surface area contributed by atoms with Crippen molar-refractivity contribution in [1.29, 1.82) is 0 Å². The Labute approximate surface area is 110 Å². The van der Waals surface area contributed by atoms with Gasteiger partial charge in [-0.05, 0) is 47.7 Å². The predicted octanol–water partition coefficient (Wildman–Crippen LogP) is 3.80. The zero-order chi connectivity index (χ0) is 12.6. The van der Waals surface area contributed by atoms with Crippen molar-refractivity contribution in [3.63, 3.8) is 0 Å². The molecule has 0 aromatic heterocycles. The summed E-state index contributed by atoms with van der Waals surface area (Å²) in [4.78, 5) is 2.29. The van der Waals surface area contributed by atoms with Gasteiger partial charge in [-0.1, -0.05) is 6.92 Å². The molecule has 1 aliphatic heterocycles. The summed E-state index contributed by atoms with van der Waals surface area (Å²) in [5.74, 6) is 0.360. The normalized spacial score (nSPS) is 25.1. The molecule has 4 heteroatoms. The van der Waals surface area contributed by atoms with Crippen LogP contribution in [0.15, 0.2) is 16.6 Å². The molecule has 94 valence electrons. The summed E-state index contributed by atoms with van der Waals surface area (Å²) in [6.45, 7) is 5.43. The van der Waals surface area contributed by atoms with Crippen molar-refractivity contribution in [2.24, 2.45) is 5.92 Å². The highest BCUT2D eigenvalue weighted by Crippen LogP contribution is 2.34. The standard InChI is InChI=1S/C13H18BrFN2/c1-8-3-4-9(2)17(7-8)13-5-10(14)11(15)6-12(13)16/h5-6,8-9H,3-4,7,16H2,1-2H3. The number of nitrogens with zero attached hydrogens (tertiary/aromatic N) is 1. The van der Waals surface area contributed by atoms with Crippen molar-refractivity contribution >= 4 is 27.3 Å². The van der Waals surface area contributed by atoms with Gasteiger partial charge in [-0.15, -0.1) is 0 Å². The highest BCUT2D eigenvalue weighted by molar-refractivity contribution is 9.10. The Morgan fingerprint density at radius 1 is 1.35 bits per heavy atom. The average molecular weight is 301 g/mol. The monoisotopic (exact) mass is 300 g/mol. The summed E-state index contributed by atoms with van der Waals surface area (Å²) in [7, 11) is 0. The lowest BCUT2D eigenvalue weighted by atomic mass is 9.94. The van der Waals surface area contributed by atoms with E-state index < -0.39 is 0 Å². The zero-order valence-corrected chi connectivity index (χ0v) is 11.8. The molecule has 0 amide bonds.